The first-order chi connectivity index (χ1) is 6.27. The number of carboxylic acid groups (broad SMARTS) is 1. The van der Waals surface area contributed by atoms with Crippen LogP contribution in [0.4, 0.5) is 0 Å². The minimum atomic E-state index is -1.18. The van der Waals surface area contributed by atoms with Crippen LogP contribution in [0.3, 0.4) is 0 Å². The number of carbonyl (C=O) groups is 1. The van der Waals surface area contributed by atoms with E-state index >= 15 is 0 Å². The standard InChI is InChI=1S/C6H4N4O3/c11-6(12)5-7-3-10(8-5)4-1-2-13-9-4/h1-3H,(H,11,12). The number of nitrogens with zero attached hydrogens (tertiary/aromatic N) is 4. The summed E-state index contributed by atoms with van der Waals surface area (Å²) >= 11 is 0. The number of carboxylic acids is 1. The predicted molar refractivity (Wildman–Crippen MR) is 38.4 cm³/mol. The summed E-state index contributed by atoms with van der Waals surface area (Å²) in [5, 5.41) is 15.7. The third-order valence-electron chi connectivity index (χ3n) is 1.34. The Morgan fingerprint density at radius 2 is 2.46 bits per heavy atom. The monoisotopic (exact) mass is 180 g/mol. The zero-order valence-corrected chi connectivity index (χ0v) is 6.28. The van der Waals surface area contributed by atoms with Gasteiger partial charge >= 0.3 is 5.97 Å². The van der Waals surface area contributed by atoms with Crippen LogP contribution < -0.4 is 0 Å². The van der Waals surface area contributed by atoms with E-state index in [9.17, 15) is 4.79 Å². The maximum absolute atomic E-state index is 10.4. The van der Waals surface area contributed by atoms with Crippen molar-refractivity contribution in [3.63, 3.8) is 0 Å². The van der Waals surface area contributed by atoms with E-state index in [-0.39, 0.29) is 5.82 Å². The van der Waals surface area contributed by atoms with E-state index in [1.165, 1.54) is 17.3 Å². The van der Waals surface area contributed by atoms with Crippen LogP contribution in [-0.2, 0) is 0 Å². The molecule has 0 aliphatic carbocycles. The Bertz CT molecular complexity index is 419. The normalized spacial score (nSPS) is 10.2. The van der Waals surface area contributed by atoms with Gasteiger partial charge in [-0.05, 0) is 0 Å². The highest BCUT2D eigenvalue weighted by molar-refractivity contribution is 5.82. The van der Waals surface area contributed by atoms with Crippen molar-refractivity contribution in [2.75, 3.05) is 0 Å². The molecule has 0 saturated carbocycles. The minimum Gasteiger partial charge on any atom is -0.475 e. The molecule has 0 atom stereocenters. The molecule has 7 nitrogen and oxygen atoms in total. The molecule has 0 amide bonds. The number of rotatable bonds is 2. The van der Waals surface area contributed by atoms with Crippen LogP contribution >= 0.6 is 0 Å². The molecule has 0 spiro atoms. The molecule has 0 aromatic carbocycles. The third-order valence-corrected chi connectivity index (χ3v) is 1.34. The topological polar surface area (TPSA) is 94.0 Å². The molecule has 0 aliphatic heterocycles. The molecule has 7 heteroatoms. The lowest BCUT2D eigenvalue weighted by molar-refractivity contribution is 0.0683. The van der Waals surface area contributed by atoms with Crippen LogP contribution in [0.1, 0.15) is 10.6 Å². The quantitative estimate of drug-likeness (QED) is 0.696. The third kappa shape index (κ3) is 1.26. The van der Waals surface area contributed by atoms with Crippen molar-refractivity contribution in [1.29, 1.82) is 0 Å². The van der Waals surface area contributed by atoms with Gasteiger partial charge in [0, 0.05) is 6.07 Å². The number of aromatic carboxylic acids is 1. The van der Waals surface area contributed by atoms with Crippen LogP contribution in [-0.4, -0.2) is 31.0 Å². The SMILES string of the molecule is O=C(O)c1ncn(-c2ccon2)n1. The number of aromatic nitrogens is 4. The van der Waals surface area contributed by atoms with Gasteiger partial charge in [0.15, 0.2) is 5.82 Å². The summed E-state index contributed by atoms with van der Waals surface area (Å²) in [7, 11) is 0. The highest BCUT2D eigenvalue weighted by Crippen LogP contribution is 2.01. The summed E-state index contributed by atoms with van der Waals surface area (Å²) in [6.07, 6.45) is 2.61. The Balaban J connectivity index is 2.39. The molecule has 0 bridgehead atoms. The van der Waals surface area contributed by atoms with Crippen molar-refractivity contribution in [3.8, 4) is 5.82 Å². The molecule has 0 radical (unpaired) electrons. The summed E-state index contributed by atoms with van der Waals surface area (Å²) in [4.78, 5) is 13.9. The fraction of sp³-hybridized carbons (Fsp3) is 0. The zero-order valence-electron chi connectivity index (χ0n) is 6.28. The minimum absolute atomic E-state index is 0.275. The van der Waals surface area contributed by atoms with Gasteiger partial charge in [-0.25, -0.2) is 9.78 Å². The molecule has 0 aliphatic rings. The van der Waals surface area contributed by atoms with Crippen molar-refractivity contribution < 1.29 is 14.4 Å². The number of hydrogen-bond donors (Lipinski definition) is 1. The summed E-state index contributed by atoms with van der Waals surface area (Å²) < 4.78 is 5.77. The van der Waals surface area contributed by atoms with E-state index in [4.69, 9.17) is 5.11 Å². The van der Waals surface area contributed by atoms with Gasteiger partial charge in [0.1, 0.15) is 12.6 Å². The van der Waals surface area contributed by atoms with Crippen LogP contribution in [0.25, 0.3) is 5.82 Å². The fourth-order valence-corrected chi connectivity index (χ4v) is 0.796. The molecule has 1 N–H and O–H groups in total. The van der Waals surface area contributed by atoms with E-state index in [0.717, 1.165) is 0 Å². The average Bonchev–Trinajstić information content (AvgIpc) is 2.75. The largest absolute Gasteiger partial charge is 0.475 e. The van der Waals surface area contributed by atoms with Gasteiger partial charge in [0.25, 0.3) is 5.82 Å². The second-order valence-corrected chi connectivity index (χ2v) is 2.18. The van der Waals surface area contributed by atoms with Crippen molar-refractivity contribution in [3.05, 3.63) is 24.5 Å². The van der Waals surface area contributed by atoms with E-state index in [0.29, 0.717) is 5.82 Å². The van der Waals surface area contributed by atoms with Gasteiger partial charge in [-0.1, -0.05) is 5.16 Å². The lowest BCUT2D eigenvalue weighted by atomic mass is 10.6. The highest BCUT2D eigenvalue weighted by Gasteiger charge is 2.10. The molecule has 0 saturated heterocycles. The summed E-state index contributed by atoms with van der Waals surface area (Å²) in [6.45, 7) is 0. The van der Waals surface area contributed by atoms with Crippen molar-refractivity contribution in [2.45, 2.75) is 0 Å². The molecule has 2 heterocycles. The Labute approximate surface area is 71.6 Å². The van der Waals surface area contributed by atoms with Gasteiger partial charge in [-0.3, -0.25) is 0 Å². The average molecular weight is 180 g/mol. The molecular weight excluding hydrogens is 176 g/mol. The molecule has 0 unspecified atom stereocenters. The molecule has 0 fully saturated rings. The first-order valence-corrected chi connectivity index (χ1v) is 3.33. The smallest absolute Gasteiger partial charge is 0.375 e. The fourth-order valence-electron chi connectivity index (χ4n) is 0.796. The molecule has 13 heavy (non-hydrogen) atoms. The summed E-state index contributed by atoms with van der Waals surface area (Å²) in [5.74, 6) is -1.06. The first kappa shape index (κ1) is 7.47. The molecular formula is C6H4N4O3. The Morgan fingerprint density at radius 3 is 3.00 bits per heavy atom. The first-order valence-electron chi connectivity index (χ1n) is 3.33. The van der Waals surface area contributed by atoms with Crippen LogP contribution in [0.15, 0.2) is 23.2 Å². The molecule has 2 rings (SSSR count). The van der Waals surface area contributed by atoms with Crippen LogP contribution in [0.5, 0.6) is 0 Å². The molecule has 2 aromatic rings. The molecule has 66 valence electrons. The van der Waals surface area contributed by atoms with Crippen molar-refractivity contribution in [2.24, 2.45) is 0 Å². The van der Waals surface area contributed by atoms with Crippen molar-refractivity contribution >= 4 is 5.97 Å². The van der Waals surface area contributed by atoms with Crippen molar-refractivity contribution in [1.82, 2.24) is 19.9 Å². The van der Waals surface area contributed by atoms with Crippen LogP contribution in [0.2, 0.25) is 0 Å². The highest BCUT2D eigenvalue weighted by atomic mass is 16.5. The second-order valence-electron chi connectivity index (χ2n) is 2.18. The lowest BCUT2D eigenvalue weighted by Crippen LogP contribution is -2.01. The number of hydrogen-bond acceptors (Lipinski definition) is 5. The second kappa shape index (κ2) is 2.70. The summed E-state index contributed by atoms with van der Waals surface area (Å²) in [6, 6.07) is 1.54. The maximum atomic E-state index is 10.4. The zero-order chi connectivity index (χ0) is 9.26. The van der Waals surface area contributed by atoms with Crippen LogP contribution in [0, 0.1) is 0 Å². The van der Waals surface area contributed by atoms with Gasteiger partial charge in [-0.15, -0.1) is 5.10 Å². The Hall–Kier alpha value is -2.18. The van der Waals surface area contributed by atoms with Gasteiger partial charge in [0.05, 0.1) is 0 Å². The van der Waals surface area contributed by atoms with Gasteiger partial charge < -0.3 is 9.63 Å². The van der Waals surface area contributed by atoms with E-state index in [1.807, 2.05) is 0 Å². The van der Waals surface area contributed by atoms with E-state index in [1.54, 1.807) is 6.07 Å². The van der Waals surface area contributed by atoms with E-state index in [2.05, 4.69) is 19.8 Å². The summed E-state index contributed by atoms with van der Waals surface area (Å²) in [5.41, 5.74) is 0. The molecule has 2 aromatic heterocycles. The lowest BCUT2D eigenvalue weighted by Gasteiger charge is -1.88. The Kier molecular flexibility index (Phi) is 1.55. The van der Waals surface area contributed by atoms with E-state index < -0.39 is 5.97 Å². The Morgan fingerprint density at radius 1 is 1.62 bits per heavy atom. The predicted octanol–water partition coefficient (Wildman–Crippen LogP) is -0.0465. The van der Waals surface area contributed by atoms with Gasteiger partial charge in [0.2, 0.25) is 0 Å². The maximum Gasteiger partial charge on any atom is 0.375 e. The van der Waals surface area contributed by atoms with Gasteiger partial charge in [-0.2, -0.15) is 4.68 Å².